The number of benzene rings is 2. The molecule has 5 heteroatoms. The summed E-state index contributed by atoms with van der Waals surface area (Å²) < 4.78 is 31.6. The Morgan fingerprint density at radius 3 is 2.26 bits per heavy atom. The van der Waals surface area contributed by atoms with Crippen LogP contribution in [0.2, 0.25) is 0 Å². The molecule has 1 aliphatic heterocycles. The van der Waals surface area contributed by atoms with Gasteiger partial charge in [0.05, 0.1) is 13.2 Å². The summed E-state index contributed by atoms with van der Waals surface area (Å²) in [6.07, 6.45) is 10.9. The highest BCUT2D eigenvalue weighted by Gasteiger charge is 2.29. The zero-order valence-corrected chi connectivity index (χ0v) is 20.7. The van der Waals surface area contributed by atoms with E-state index in [0.29, 0.717) is 24.5 Å². The molecular formula is C29H39FO4. The lowest BCUT2D eigenvalue weighted by Gasteiger charge is -2.28. The molecule has 0 aliphatic carbocycles. The molecule has 34 heavy (non-hydrogen) atoms. The van der Waals surface area contributed by atoms with Crippen LogP contribution in [0.1, 0.15) is 77.2 Å². The van der Waals surface area contributed by atoms with E-state index in [1.165, 1.54) is 25.7 Å². The van der Waals surface area contributed by atoms with Gasteiger partial charge in [-0.15, -0.1) is 0 Å². The molecule has 0 aromatic heterocycles. The minimum Gasteiger partial charge on any atom is -0.426 e. The Labute approximate surface area is 203 Å². The van der Waals surface area contributed by atoms with Crippen LogP contribution in [0, 0.1) is 11.7 Å². The first kappa shape index (κ1) is 26.4. The minimum absolute atomic E-state index is 0.221. The first-order valence-corrected chi connectivity index (χ1v) is 12.9. The van der Waals surface area contributed by atoms with E-state index in [9.17, 15) is 9.18 Å². The van der Waals surface area contributed by atoms with Crippen LogP contribution in [0.4, 0.5) is 4.39 Å². The Morgan fingerprint density at radius 1 is 0.912 bits per heavy atom. The van der Waals surface area contributed by atoms with Crippen LogP contribution in [-0.2, 0) is 20.7 Å². The van der Waals surface area contributed by atoms with E-state index in [4.69, 9.17) is 14.2 Å². The maximum Gasteiger partial charge on any atom is 0.319 e. The lowest BCUT2D eigenvalue weighted by Crippen LogP contribution is -2.38. The molecule has 1 heterocycles. The normalized spacial score (nSPS) is 18.1. The van der Waals surface area contributed by atoms with Gasteiger partial charge in [-0.25, -0.2) is 4.39 Å². The monoisotopic (exact) mass is 470 g/mol. The fraction of sp³-hybridized carbons (Fsp3) is 0.552. The highest BCUT2D eigenvalue weighted by atomic mass is 19.1. The quantitative estimate of drug-likeness (QED) is 0.173. The van der Waals surface area contributed by atoms with Crippen LogP contribution in [0.3, 0.4) is 0 Å². The summed E-state index contributed by atoms with van der Waals surface area (Å²) in [6.45, 7) is 4.98. The Morgan fingerprint density at radius 2 is 1.59 bits per heavy atom. The molecule has 1 fully saturated rings. The first-order valence-electron chi connectivity index (χ1n) is 12.9. The van der Waals surface area contributed by atoms with Crippen LogP contribution in [-0.4, -0.2) is 25.5 Å². The van der Waals surface area contributed by atoms with Gasteiger partial charge in [-0.3, -0.25) is 4.79 Å². The van der Waals surface area contributed by atoms with Gasteiger partial charge in [0, 0.05) is 5.56 Å². The second-order valence-corrected chi connectivity index (χ2v) is 9.21. The number of carbonyl (C=O) groups excluding carboxylic acids is 1. The number of esters is 1. The number of aryl methyl sites for hydroxylation is 1. The van der Waals surface area contributed by atoms with E-state index in [-0.39, 0.29) is 18.1 Å². The van der Waals surface area contributed by atoms with Gasteiger partial charge in [-0.05, 0) is 55.0 Å². The molecule has 3 rings (SSSR count). The van der Waals surface area contributed by atoms with Gasteiger partial charge in [0.2, 0.25) is 0 Å². The molecule has 0 amide bonds. The first-order chi connectivity index (χ1) is 16.6. The third-order valence-corrected chi connectivity index (χ3v) is 6.33. The molecule has 2 aromatic rings. The maximum absolute atomic E-state index is 14.7. The molecule has 4 nitrogen and oxygen atoms in total. The molecule has 0 bridgehead atoms. The molecule has 2 aromatic carbocycles. The summed E-state index contributed by atoms with van der Waals surface area (Å²) in [5.74, 6) is -0.591. The average Bonchev–Trinajstić information content (AvgIpc) is 2.85. The van der Waals surface area contributed by atoms with Crippen molar-refractivity contribution in [1.82, 2.24) is 0 Å². The average molecular weight is 471 g/mol. The topological polar surface area (TPSA) is 44.8 Å². The van der Waals surface area contributed by atoms with Gasteiger partial charge in [-0.1, -0.05) is 76.6 Å². The summed E-state index contributed by atoms with van der Waals surface area (Å²) >= 11 is 0. The van der Waals surface area contributed by atoms with Crippen molar-refractivity contribution in [1.29, 1.82) is 0 Å². The Hall–Kier alpha value is -2.24. The van der Waals surface area contributed by atoms with E-state index >= 15 is 0 Å². The standard InChI is InChI=1S/C29H39FO4/c1-3-5-7-8-10-11-22-13-18-26(27(30)19-22)23-14-16-25(17-15-23)34-29(31)24-20-32-28(33-21-24)12-9-6-4-2/h13-19,24,28H,3-12,20-21H2,1-2H3. The van der Waals surface area contributed by atoms with Crippen LogP contribution < -0.4 is 4.74 Å². The summed E-state index contributed by atoms with van der Waals surface area (Å²) in [7, 11) is 0. The molecule has 0 unspecified atom stereocenters. The molecule has 0 saturated carbocycles. The number of halogens is 1. The molecule has 1 saturated heterocycles. The second-order valence-electron chi connectivity index (χ2n) is 9.21. The number of ether oxygens (including phenoxy) is 3. The lowest BCUT2D eigenvalue weighted by atomic mass is 10.00. The molecule has 186 valence electrons. The number of rotatable bonds is 13. The van der Waals surface area contributed by atoms with E-state index < -0.39 is 5.92 Å². The third-order valence-electron chi connectivity index (χ3n) is 6.33. The second kappa shape index (κ2) is 14.2. The van der Waals surface area contributed by atoms with E-state index in [1.54, 1.807) is 30.3 Å². The fourth-order valence-corrected chi connectivity index (χ4v) is 4.19. The number of hydrogen-bond donors (Lipinski definition) is 0. The van der Waals surface area contributed by atoms with Gasteiger partial charge in [0.25, 0.3) is 0 Å². The summed E-state index contributed by atoms with van der Waals surface area (Å²) in [5.41, 5.74) is 2.34. The van der Waals surface area contributed by atoms with E-state index in [1.807, 2.05) is 12.1 Å². The molecule has 0 atom stereocenters. The SMILES string of the molecule is CCCCCCCc1ccc(-c2ccc(OC(=O)C3COC(CCCCC)OC3)cc2)c(F)c1. The van der Waals surface area contributed by atoms with Crippen LogP contribution in [0.15, 0.2) is 42.5 Å². The predicted octanol–water partition coefficient (Wildman–Crippen LogP) is 7.48. The highest BCUT2D eigenvalue weighted by Crippen LogP contribution is 2.27. The third kappa shape index (κ3) is 8.21. The number of unbranched alkanes of at least 4 members (excludes halogenated alkanes) is 6. The molecule has 0 N–H and O–H groups in total. The Kier molecular flexibility index (Phi) is 11.0. The zero-order chi connectivity index (χ0) is 24.2. The predicted molar refractivity (Wildman–Crippen MR) is 133 cm³/mol. The van der Waals surface area contributed by atoms with Crippen LogP contribution in [0.25, 0.3) is 11.1 Å². The van der Waals surface area contributed by atoms with Crippen LogP contribution >= 0.6 is 0 Å². The smallest absolute Gasteiger partial charge is 0.319 e. The van der Waals surface area contributed by atoms with Gasteiger partial charge in [0.15, 0.2) is 6.29 Å². The Balaban J connectivity index is 1.48. The number of hydrogen-bond acceptors (Lipinski definition) is 4. The maximum atomic E-state index is 14.7. The van der Waals surface area contributed by atoms with Crippen molar-refractivity contribution in [2.24, 2.45) is 5.92 Å². The molecule has 0 spiro atoms. The van der Waals surface area contributed by atoms with Gasteiger partial charge >= 0.3 is 5.97 Å². The molecular weight excluding hydrogens is 431 g/mol. The van der Waals surface area contributed by atoms with Crippen molar-refractivity contribution in [2.45, 2.75) is 84.3 Å². The minimum atomic E-state index is -0.436. The summed E-state index contributed by atoms with van der Waals surface area (Å²) in [6, 6.07) is 12.4. The Bertz CT molecular complexity index is 872. The lowest BCUT2D eigenvalue weighted by molar-refractivity contribution is -0.208. The summed E-state index contributed by atoms with van der Waals surface area (Å²) in [5, 5.41) is 0. The van der Waals surface area contributed by atoms with Crippen molar-refractivity contribution >= 4 is 5.97 Å². The van der Waals surface area contributed by atoms with Crippen molar-refractivity contribution in [3.63, 3.8) is 0 Å². The molecule has 0 radical (unpaired) electrons. The van der Waals surface area contributed by atoms with Crippen molar-refractivity contribution in [3.05, 3.63) is 53.8 Å². The van der Waals surface area contributed by atoms with E-state index in [0.717, 1.165) is 49.7 Å². The van der Waals surface area contributed by atoms with E-state index in [2.05, 4.69) is 13.8 Å². The van der Waals surface area contributed by atoms with Gasteiger partial charge < -0.3 is 14.2 Å². The van der Waals surface area contributed by atoms with Crippen molar-refractivity contribution < 1.29 is 23.4 Å². The largest absolute Gasteiger partial charge is 0.426 e. The number of carbonyl (C=O) groups is 1. The highest BCUT2D eigenvalue weighted by molar-refractivity contribution is 5.76. The van der Waals surface area contributed by atoms with Crippen molar-refractivity contribution in [3.8, 4) is 16.9 Å². The fourth-order valence-electron chi connectivity index (χ4n) is 4.19. The van der Waals surface area contributed by atoms with Gasteiger partial charge in [-0.2, -0.15) is 0 Å². The van der Waals surface area contributed by atoms with Crippen molar-refractivity contribution in [2.75, 3.05) is 13.2 Å². The van der Waals surface area contributed by atoms with Crippen LogP contribution in [0.5, 0.6) is 5.75 Å². The zero-order valence-electron chi connectivity index (χ0n) is 20.7. The summed E-state index contributed by atoms with van der Waals surface area (Å²) in [4.78, 5) is 12.5. The molecule has 1 aliphatic rings. The van der Waals surface area contributed by atoms with Gasteiger partial charge in [0.1, 0.15) is 17.5 Å².